The number of ether oxygens (including phenoxy) is 2. The van der Waals surface area contributed by atoms with E-state index in [-0.39, 0.29) is 12.6 Å². The Balaban J connectivity index is 1.68. The van der Waals surface area contributed by atoms with Gasteiger partial charge in [0.25, 0.3) is 0 Å². The third-order valence-corrected chi connectivity index (χ3v) is 5.87. The summed E-state index contributed by atoms with van der Waals surface area (Å²) in [4.78, 5) is 21.3. The Morgan fingerprint density at radius 1 is 1.05 bits per heavy atom. The molecule has 2 aromatic carbocycles. The zero-order chi connectivity index (χ0) is 26.4. The van der Waals surface area contributed by atoms with E-state index in [1.165, 1.54) is 5.56 Å². The van der Waals surface area contributed by atoms with Crippen LogP contribution in [0.3, 0.4) is 0 Å². The first-order valence-corrected chi connectivity index (χ1v) is 12.3. The van der Waals surface area contributed by atoms with Gasteiger partial charge in [-0.3, -0.25) is 4.68 Å². The smallest absolute Gasteiger partial charge is 0.357 e. The standard InChI is InChI=1S/C28H32N6O3/c1-4-36-27(35)26-24(25(33-34(26)16-14-29)23-13-15-31-28(30)32-23)21-9-11-22(12-10-21)37-17-19-5-7-20(8-6-19)18(2)3/h5-13,15,18H,4,14,16-17,29H2,1-3H3,(H2,30,31,32). The lowest BCUT2D eigenvalue weighted by Crippen LogP contribution is -2.18. The summed E-state index contributed by atoms with van der Waals surface area (Å²) in [5, 5.41) is 4.67. The first kappa shape index (κ1) is 25.8. The molecule has 37 heavy (non-hydrogen) atoms. The second-order valence-electron chi connectivity index (χ2n) is 8.81. The van der Waals surface area contributed by atoms with Crippen LogP contribution < -0.4 is 16.2 Å². The normalized spacial score (nSPS) is 11.1. The molecule has 0 radical (unpaired) electrons. The van der Waals surface area contributed by atoms with E-state index < -0.39 is 5.97 Å². The maximum absolute atomic E-state index is 13.0. The average molecular weight is 501 g/mol. The molecule has 2 heterocycles. The number of carbonyl (C=O) groups excluding carboxylic acids is 1. The van der Waals surface area contributed by atoms with Gasteiger partial charge in [-0.2, -0.15) is 5.10 Å². The summed E-state index contributed by atoms with van der Waals surface area (Å²) in [7, 11) is 0. The summed E-state index contributed by atoms with van der Waals surface area (Å²) < 4.78 is 12.9. The first-order chi connectivity index (χ1) is 17.9. The Morgan fingerprint density at radius 3 is 2.41 bits per heavy atom. The molecule has 0 saturated heterocycles. The average Bonchev–Trinajstić information content (AvgIpc) is 3.28. The summed E-state index contributed by atoms with van der Waals surface area (Å²) in [5.74, 6) is 0.813. The summed E-state index contributed by atoms with van der Waals surface area (Å²) in [5.41, 5.74) is 16.7. The highest BCUT2D eigenvalue weighted by Crippen LogP contribution is 2.35. The van der Waals surface area contributed by atoms with Crippen LogP contribution >= 0.6 is 0 Å². The summed E-state index contributed by atoms with van der Waals surface area (Å²) in [6.07, 6.45) is 1.55. The minimum Gasteiger partial charge on any atom is -0.489 e. The van der Waals surface area contributed by atoms with Crippen LogP contribution in [0.5, 0.6) is 5.75 Å². The highest BCUT2D eigenvalue weighted by atomic mass is 16.5. The fraction of sp³-hybridized carbons (Fsp3) is 0.286. The predicted octanol–water partition coefficient (Wildman–Crippen LogP) is 4.43. The van der Waals surface area contributed by atoms with Crippen LogP contribution in [-0.4, -0.2) is 38.9 Å². The van der Waals surface area contributed by atoms with Crippen LogP contribution in [0.2, 0.25) is 0 Å². The number of rotatable bonds is 10. The fourth-order valence-electron chi connectivity index (χ4n) is 3.99. The van der Waals surface area contributed by atoms with Gasteiger partial charge in [0.1, 0.15) is 18.1 Å². The Labute approximate surface area is 216 Å². The highest BCUT2D eigenvalue weighted by Gasteiger charge is 2.27. The molecule has 0 bridgehead atoms. The van der Waals surface area contributed by atoms with Gasteiger partial charge in [-0.25, -0.2) is 14.8 Å². The maximum Gasteiger partial charge on any atom is 0.357 e. The van der Waals surface area contributed by atoms with Gasteiger partial charge in [-0.05, 0) is 47.7 Å². The van der Waals surface area contributed by atoms with Crippen molar-refractivity contribution >= 4 is 11.9 Å². The molecule has 4 N–H and O–H groups in total. The van der Waals surface area contributed by atoms with Gasteiger partial charge >= 0.3 is 5.97 Å². The van der Waals surface area contributed by atoms with Crippen molar-refractivity contribution in [3.8, 4) is 28.3 Å². The quantitative estimate of drug-likeness (QED) is 0.306. The molecule has 0 spiro atoms. The number of nitrogens with zero attached hydrogens (tertiary/aromatic N) is 4. The number of anilines is 1. The number of hydrogen-bond donors (Lipinski definition) is 2. The molecule has 0 aliphatic heterocycles. The SMILES string of the molecule is CCOC(=O)c1c(-c2ccc(OCc3ccc(C(C)C)cc3)cc2)c(-c2ccnc(N)n2)nn1CCN. The van der Waals surface area contributed by atoms with E-state index in [1.807, 2.05) is 24.3 Å². The van der Waals surface area contributed by atoms with Crippen LogP contribution in [0.25, 0.3) is 22.5 Å². The van der Waals surface area contributed by atoms with Crippen molar-refractivity contribution < 1.29 is 14.3 Å². The molecule has 0 amide bonds. The summed E-state index contributed by atoms with van der Waals surface area (Å²) >= 11 is 0. The lowest BCUT2D eigenvalue weighted by Gasteiger charge is -2.11. The van der Waals surface area contributed by atoms with E-state index in [0.717, 1.165) is 11.1 Å². The van der Waals surface area contributed by atoms with Gasteiger partial charge in [-0.1, -0.05) is 50.2 Å². The van der Waals surface area contributed by atoms with Gasteiger partial charge in [0.15, 0.2) is 5.69 Å². The Morgan fingerprint density at radius 2 is 1.78 bits per heavy atom. The van der Waals surface area contributed by atoms with Gasteiger partial charge in [0.05, 0.1) is 18.8 Å². The number of hydrogen-bond acceptors (Lipinski definition) is 8. The van der Waals surface area contributed by atoms with Crippen LogP contribution in [-0.2, 0) is 17.9 Å². The number of nitrogens with two attached hydrogens (primary N) is 2. The fourth-order valence-corrected chi connectivity index (χ4v) is 3.99. The van der Waals surface area contributed by atoms with Gasteiger partial charge in [0, 0.05) is 18.3 Å². The van der Waals surface area contributed by atoms with Crippen molar-refractivity contribution in [2.75, 3.05) is 18.9 Å². The van der Waals surface area contributed by atoms with E-state index in [1.54, 1.807) is 23.9 Å². The Bertz CT molecular complexity index is 1350. The molecule has 0 fully saturated rings. The molecule has 2 aromatic heterocycles. The minimum atomic E-state index is -0.489. The molecule has 9 heteroatoms. The van der Waals surface area contributed by atoms with Crippen LogP contribution in [0.15, 0.2) is 60.8 Å². The lowest BCUT2D eigenvalue weighted by atomic mass is 10.0. The van der Waals surface area contributed by atoms with E-state index >= 15 is 0 Å². The topological polar surface area (TPSA) is 131 Å². The van der Waals surface area contributed by atoms with Gasteiger partial charge < -0.3 is 20.9 Å². The van der Waals surface area contributed by atoms with Crippen molar-refractivity contribution in [3.05, 3.63) is 77.6 Å². The van der Waals surface area contributed by atoms with Gasteiger partial charge in [-0.15, -0.1) is 0 Å². The number of esters is 1. The van der Waals surface area contributed by atoms with E-state index in [2.05, 4.69) is 53.2 Å². The van der Waals surface area contributed by atoms with E-state index in [0.29, 0.717) is 54.0 Å². The first-order valence-electron chi connectivity index (χ1n) is 12.3. The molecule has 0 aliphatic carbocycles. The van der Waals surface area contributed by atoms with Gasteiger partial charge in [0.2, 0.25) is 5.95 Å². The van der Waals surface area contributed by atoms with Crippen molar-refractivity contribution in [3.63, 3.8) is 0 Å². The Kier molecular flexibility index (Phi) is 8.15. The zero-order valence-electron chi connectivity index (χ0n) is 21.3. The summed E-state index contributed by atoms with van der Waals surface area (Å²) in [6.45, 7) is 7.41. The maximum atomic E-state index is 13.0. The molecule has 0 atom stereocenters. The van der Waals surface area contributed by atoms with E-state index in [4.69, 9.17) is 20.9 Å². The second-order valence-corrected chi connectivity index (χ2v) is 8.81. The minimum absolute atomic E-state index is 0.111. The van der Waals surface area contributed by atoms with Crippen LogP contribution in [0, 0.1) is 0 Å². The molecular formula is C28H32N6O3. The monoisotopic (exact) mass is 500 g/mol. The van der Waals surface area contributed by atoms with Crippen LogP contribution in [0.4, 0.5) is 5.95 Å². The number of benzene rings is 2. The van der Waals surface area contributed by atoms with Crippen molar-refractivity contribution in [1.29, 1.82) is 0 Å². The number of aromatic nitrogens is 4. The van der Waals surface area contributed by atoms with Crippen molar-refractivity contribution in [1.82, 2.24) is 19.7 Å². The largest absolute Gasteiger partial charge is 0.489 e. The Hall–Kier alpha value is -4.24. The summed E-state index contributed by atoms with van der Waals surface area (Å²) in [6, 6.07) is 17.6. The molecular weight excluding hydrogens is 468 g/mol. The third kappa shape index (κ3) is 5.95. The van der Waals surface area contributed by atoms with Crippen LogP contribution in [0.1, 0.15) is 48.3 Å². The molecule has 192 valence electrons. The third-order valence-electron chi connectivity index (χ3n) is 5.87. The molecule has 4 aromatic rings. The molecule has 0 aliphatic rings. The second kappa shape index (κ2) is 11.7. The molecule has 9 nitrogen and oxygen atoms in total. The predicted molar refractivity (Wildman–Crippen MR) is 143 cm³/mol. The zero-order valence-corrected chi connectivity index (χ0v) is 21.3. The van der Waals surface area contributed by atoms with E-state index in [9.17, 15) is 4.79 Å². The number of carbonyl (C=O) groups is 1. The van der Waals surface area contributed by atoms with Crippen molar-refractivity contribution in [2.24, 2.45) is 5.73 Å². The molecule has 0 unspecified atom stereocenters. The highest BCUT2D eigenvalue weighted by molar-refractivity contribution is 6.00. The molecule has 0 saturated carbocycles. The lowest BCUT2D eigenvalue weighted by molar-refractivity contribution is 0.0513. The number of nitrogen functional groups attached to an aromatic ring is 1. The van der Waals surface area contributed by atoms with Crippen molar-refractivity contribution in [2.45, 2.75) is 39.8 Å². The molecule has 4 rings (SSSR count).